The molecule has 2 heterocycles. The summed E-state index contributed by atoms with van der Waals surface area (Å²) in [5, 5.41) is 0. The predicted molar refractivity (Wildman–Crippen MR) is 77.0 cm³/mol. The van der Waals surface area contributed by atoms with Gasteiger partial charge in [0, 0.05) is 18.8 Å². The van der Waals surface area contributed by atoms with Crippen molar-refractivity contribution in [1.82, 2.24) is 9.97 Å². The van der Waals surface area contributed by atoms with E-state index in [2.05, 4.69) is 16.0 Å². The van der Waals surface area contributed by atoms with Gasteiger partial charge in [-0.3, -0.25) is 0 Å². The highest BCUT2D eigenvalue weighted by molar-refractivity contribution is 5.56. The Balaban J connectivity index is 1.96. The number of nitrogens with zero attached hydrogens (tertiary/aromatic N) is 3. The predicted octanol–water partition coefficient (Wildman–Crippen LogP) is 2.32. The number of fused-ring (bicyclic) bond motifs is 1. The third-order valence-corrected chi connectivity index (χ3v) is 3.79. The Labute approximate surface area is 117 Å². The summed E-state index contributed by atoms with van der Waals surface area (Å²) in [4.78, 5) is 10.0. The number of halogens is 1. The molecule has 1 aliphatic rings. The molecule has 0 radical (unpaired) electrons. The molecule has 0 saturated heterocycles. The fourth-order valence-electron chi connectivity index (χ4n) is 2.65. The van der Waals surface area contributed by atoms with Crippen LogP contribution in [0.15, 0.2) is 24.5 Å². The first kappa shape index (κ1) is 12.8. The topological polar surface area (TPSA) is 55.0 Å². The van der Waals surface area contributed by atoms with Crippen molar-refractivity contribution >= 4 is 11.5 Å². The molecule has 1 aromatic heterocycles. The van der Waals surface area contributed by atoms with Crippen LogP contribution in [0.25, 0.3) is 0 Å². The van der Waals surface area contributed by atoms with Crippen molar-refractivity contribution in [2.75, 3.05) is 17.2 Å². The third-order valence-electron chi connectivity index (χ3n) is 3.79. The van der Waals surface area contributed by atoms with Crippen LogP contribution in [-0.4, -0.2) is 16.5 Å². The molecule has 1 aromatic carbocycles. The van der Waals surface area contributed by atoms with Gasteiger partial charge in [-0.15, -0.1) is 0 Å². The summed E-state index contributed by atoms with van der Waals surface area (Å²) in [6.45, 7) is 3.23. The van der Waals surface area contributed by atoms with Crippen molar-refractivity contribution < 1.29 is 4.39 Å². The van der Waals surface area contributed by atoms with Gasteiger partial charge in [0.05, 0.1) is 5.69 Å². The Morgan fingerprint density at radius 3 is 3.00 bits per heavy atom. The van der Waals surface area contributed by atoms with Gasteiger partial charge in [0.15, 0.2) is 11.6 Å². The van der Waals surface area contributed by atoms with Gasteiger partial charge < -0.3 is 10.6 Å². The van der Waals surface area contributed by atoms with Crippen molar-refractivity contribution in [2.45, 2.75) is 26.3 Å². The van der Waals surface area contributed by atoms with E-state index in [1.165, 1.54) is 11.9 Å². The number of aromatic nitrogens is 2. The average Bonchev–Trinajstić information content (AvgIpc) is 2.48. The number of benzene rings is 1. The number of hydrogen-bond donors (Lipinski definition) is 1. The van der Waals surface area contributed by atoms with Gasteiger partial charge in [-0.05, 0) is 30.0 Å². The Bertz CT molecular complexity index is 642. The van der Waals surface area contributed by atoms with E-state index in [1.807, 2.05) is 24.0 Å². The number of rotatable bonds is 2. The van der Waals surface area contributed by atoms with Crippen LogP contribution in [0.4, 0.5) is 15.9 Å². The van der Waals surface area contributed by atoms with Crippen molar-refractivity contribution in [2.24, 2.45) is 0 Å². The maximum atomic E-state index is 14.3. The third kappa shape index (κ3) is 2.09. The van der Waals surface area contributed by atoms with Crippen LogP contribution < -0.4 is 10.6 Å². The standard InChI is InChI=1S/C15H17FN4/c1-2-13-14(16)15(19-9-18-13)20-7-6-10-4-3-5-12(17)11(10)8-20/h3-5,9H,2,6-8,17H2,1H3. The molecule has 2 aromatic rings. The average molecular weight is 272 g/mol. The Hall–Kier alpha value is -2.17. The molecule has 104 valence electrons. The van der Waals surface area contributed by atoms with Gasteiger partial charge in [-0.2, -0.15) is 0 Å². The smallest absolute Gasteiger partial charge is 0.187 e. The molecule has 0 aliphatic carbocycles. The Kier molecular flexibility index (Phi) is 3.26. The molecule has 0 atom stereocenters. The molecular formula is C15H17FN4. The molecule has 0 fully saturated rings. The zero-order valence-electron chi connectivity index (χ0n) is 11.4. The van der Waals surface area contributed by atoms with Crippen LogP contribution in [0, 0.1) is 5.82 Å². The zero-order chi connectivity index (χ0) is 14.1. The van der Waals surface area contributed by atoms with Crippen molar-refractivity contribution in [3.8, 4) is 0 Å². The fraction of sp³-hybridized carbons (Fsp3) is 0.333. The number of nitrogen functional groups attached to an aromatic ring is 1. The number of aryl methyl sites for hydroxylation is 1. The monoisotopic (exact) mass is 272 g/mol. The van der Waals surface area contributed by atoms with E-state index in [4.69, 9.17) is 5.73 Å². The normalized spacial score (nSPS) is 14.2. The van der Waals surface area contributed by atoms with E-state index in [1.54, 1.807) is 0 Å². The lowest BCUT2D eigenvalue weighted by molar-refractivity contribution is 0.577. The molecule has 5 heteroatoms. The van der Waals surface area contributed by atoms with E-state index < -0.39 is 0 Å². The van der Waals surface area contributed by atoms with Gasteiger partial charge in [-0.1, -0.05) is 19.1 Å². The van der Waals surface area contributed by atoms with E-state index >= 15 is 0 Å². The van der Waals surface area contributed by atoms with Crippen molar-refractivity contribution in [1.29, 1.82) is 0 Å². The van der Waals surface area contributed by atoms with Gasteiger partial charge in [0.25, 0.3) is 0 Å². The first-order valence-electron chi connectivity index (χ1n) is 6.81. The lowest BCUT2D eigenvalue weighted by atomic mass is 9.98. The van der Waals surface area contributed by atoms with Gasteiger partial charge in [-0.25, -0.2) is 14.4 Å². The largest absolute Gasteiger partial charge is 0.398 e. The second-order valence-corrected chi connectivity index (χ2v) is 4.97. The maximum absolute atomic E-state index is 14.3. The summed E-state index contributed by atoms with van der Waals surface area (Å²) >= 11 is 0. The molecule has 3 rings (SSSR count). The first-order valence-corrected chi connectivity index (χ1v) is 6.81. The lowest BCUT2D eigenvalue weighted by Gasteiger charge is -2.30. The quantitative estimate of drug-likeness (QED) is 0.852. The number of hydrogen-bond acceptors (Lipinski definition) is 4. The minimum Gasteiger partial charge on any atom is -0.398 e. The Morgan fingerprint density at radius 1 is 1.35 bits per heavy atom. The van der Waals surface area contributed by atoms with Gasteiger partial charge >= 0.3 is 0 Å². The second-order valence-electron chi connectivity index (χ2n) is 4.97. The summed E-state index contributed by atoms with van der Waals surface area (Å²) in [6, 6.07) is 5.93. The molecule has 0 unspecified atom stereocenters. The molecule has 0 saturated carbocycles. The van der Waals surface area contributed by atoms with Crippen molar-refractivity contribution in [3.05, 3.63) is 47.2 Å². The minimum atomic E-state index is -0.312. The number of anilines is 2. The molecule has 2 N–H and O–H groups in total. The maximum Gasteiger partial charge on any atom is 0.187 e. The summed E-state index contributed by atoms with van der Waals surface area (Å²) in [6.07, 6.45) is 2.85. The highest BCUT2D eigenvalue weighted by Crippen LogP contribution is 2.28. The summed E-state index contributed by atoms with van der Waals surface area (Å²) < 4.78 is 14.3. The van der Waals surface area contributed by atoms with E-state index in [0.717, 1.165) is 24.2 Å². The van der Waals surface area contributed by atoms with Crippen LogP contribution in [0.2, 0.25) is 0 Å². The summed E-state index contributed by atoms with van der Waals surface area (Å²) in [5.41, 5.74) is 9.56. The van der Waals surface area contributed by atoms with E-state index in [9.17, 15) is 4.39 Å². The van der Waals surface area contributed by atoms with Crippen LogP contribution >= 0.6 is 0 Å². The molecule has 0 bridgehead atoms. The molecule has 0 amide bonds. The lowest BCUT2D eigenvalue weighted by Crippen LogP contribution is -2.32. The summed E-state index contributed by atoms with van der Waals surface area (Å²) in [5.74, 6) is 0.0682. The van der Waals surface area contributed by atoms with Crippen molar-refractivity contribution in [3.63, 3.8) is 0 Å². The summed E-state index contributed by atoms with van der Waals surface area (Å²) in [7, 11) is 0. The van der Waals surface area contributed by atoms with Crippen LogP contribution in [0.1, 0.15) is 23.7 Å². The molecule has 4 nitrogen and oxygen atoms in total. The van der Waals surface area contributed by atoms with Gasteiger partial charge in [0.2, 0.25) is 0 Å². The SMILES string of the molecule is CCc1ncnc(N2CCc3cccc(N)c3C2)c1F. The minimum absolute atomic E-state index is 0.312. The molecule has 0 spiro atoms. The van der Waals surface area contributed by atoms with Crippen LogP contribution in [0.5, 0.6) is 0 Å². The first-order chi connectivity index (χ1) is 9.70. The highest BCUT2D eigenvalue weighted by Gasteiger charge is 2.22. The van der Waals surface area contributed by atoms with E-state index in [0.29, 0.717) is 24.5 Å². The van der Waals surface area contributed by atoms with Crippen LogP contribution in [-0.2, 0) is 19.4 Å². The second kappa shape index (κ2) is 5.07. The molecule has 1 aliphatic heterocycles. The van der Waals surface area contributed by atoms with E-state index in [-0.39, 0.29) is 5.82 Å². The van der Waals surface area contributed by atoms with Crippen LogP contribution in [0.3, 0.4) is 0 Å². The highest BCUT2D eigenvalue weighted by atomic mass is 19.1. The Morgan fingerprint density at radius 2 is 2.20 bits per heavy atom. The van der Waals surface area contributed by atoms with Gasteiger partial charge in [0.1, 0.15) is 6.33 Å². The molecular weight excluding hydrogens is 255 g/mol. The molecule has 20 heavy (non-hydrogen) atoms. The zero-order valence-corrected chi connectivity index (χ0v) is 11.4. The number of nitrogens with two attached hydrogens (primary N) is 1. The fourth-order valence-corrected chi connectivity index (χ4v) is 2.65.